The van der Waals surface area contributed by atoms with Gasteiger partial charge in [-0.25, -0.2) is 0 Å². The number of ether oxygens (including phenoxy) is 2. The van der Waals surface area contributed by atoms with Gasteiger partial charge in [0.05, 0.1) is 30.7 Å². The third-order valence-electron chi connectivity index (χ3n) is 7.87. The number of carbonyl (C=O) groups excluding carboxylic acids is 2. The predicted molar refractivity (Wildman–Crippen MR) is 139 cm³/mol. The van der Waals surface area contributed by atoms with Crippen LogP contribution in [0, 0.1) is 17.8 Å². The molecule has 0 spiro atoms. The Morgan fingerprint density at radius 3 is 2.03 bits per heavy atom. The van der Waals surface area contributed by atoms with Crippen LogP contribution in [0.5, 0.6) is 0 Å². The van der Waals surface area contributed by atoms with E-state index in [0.29, 0.717) is 18.3 Å². The van der Waals surface area contributed by atoms with Gasteiger partial charge in [0.15, 0.2) is 0 Å². The molecule has 1 rings (SSSR count). The van der Waals surface area contributed by atoms with Crippen molar-refractivity contribution in [1.82, 2.24) is 14.7 Å². The second-order valence-electron chi connectivity index (χ2n) is 11.1. The highest BCUT2D eigenvalue weighted by atomic mass is 16.5. The monoisotopic (exact) mass is 483 g/mol. The third-order valence-corrected chi connectivity index (χ3v) is 7.87. The van der Waals surface area contributed by atoms with Crippen molar-refractivity contribution in [2.45, 2.75) is 104 Å². The number of likely N-dealkylation sites (N-methyl/N-ethyl adjacent to an activating group) is 1. The fraction of sp³-hybridized carbons (Fsp3) is 0.926. The number of methoxy groups -OCH3 is 2. The highest BCUT2D eigenvalue weighted by Gasteiger charge is 2.40. The number of carbonyl (C=O) groups is 2. The zero-order valence-corrected chi connectivity index (χ0v) is 23.8. The lowest BCUT2D eigenvalue weighted by Gasteiger charge is -2.40. The molecule has 1 aliphatic rings. The fourth-order valence-electron chi connectivity index (χ4n) is 5.69. The van der Waals surface area contributed by atoms with Gasteiger partial charge in [0.1, 0.15) is 0 Å². The molecule has 6 atom stereocenters. The van der Waals surface area contributed by atoms with Crippen LogP contribution in [0.3, 0.4) is 0 Å². The van der Waals surface area contributed by atoms with Gasteiger partial charge in [-0.05, 0) is 44.7 Å². The minimum atomic E-state index is -0.352. The molecule has 2 amide bonds. The summed E-state index contributed by atoms with van der Waals surface area (Å²) in [5.74, 6) is 1.12. The SMILES string of the molecule is CCC(C)C(C(CC(=O)N1CCCC1C(OC)C(C)C)OC)N(C)C(=O)C[C@H](C(C)C)N(C)C. The Morgan fingerprint density at radius 2 is 1.59 bits per heavy atom. The number of hydrogen-bond donors (Lipinski definition) is 0. The summed E-state index contributed by atoms with van der Waals surface area (Å²) < 4.78 is 11.7. The van der Waals surface area contributed by atoms with E-state index in [1.165, 1.54) is 0 Å². The molecule has 0 bridgehead atoms. The molecule has 1 saturated heterocycles. The summed E-state index contributed by atoms with van der Waals surface area (Å²) in [6, 6.07) is 0.108. The molecular weight excluding hydrogens is 430 g/mol. The maximum Gasteiger partial charge on any atom is 0.225 e. The van der Waals surface area contributed by atoms with Crippen LogP contribution >= 0.6 is 0 Å². The van der Waals surface area contributed by atoms with Gasteiger partial charge in [0.2, 0.25) is 11.8 Å². The Hall–Kier alpha value is -1.18. The molecular formula is C27H53N3O4. The molecule has 1 aliphatic heterocycles. The number of amides is 2. The Kier molecular flexibility index (Phi) is 13.1. The predicted octanol–water partition coefficient (Wildman–Crippen LogP) is 3.90. The molecule has 5 unspecified atom stereocenters. The first-order valence-corrected chi connectivity index (χ1v) is 13.2. The van der Waals surface area contributed by atoms with Crippen molar-refractivity contribution in [2.24, 2.45) is 17.8 Å². The zero-order valence-electron chi connectivity index (χ0n) is 23.8. The van der Waals surface area contributed by atoms with E-state index < -0.39 is 0 Å². The quantitative estimate of drug-likeness (QED) is 0.375. The van der Waals surface area contributed by atoms with E-state index in [1.54, 1.807) is 14.2 Å². The second kappa shape index (κ2) is 14.4. The molecule has 7 nitrogen and oxygen atoms in total. The standard InChI is InChI=1S/C27H53N3O4/c1-12-20(6)26(29(9)24(31)16-22(18(2)3)28(7)8)23(33-10)17-25(32)30-15-13-14-21(30)27(34-11)19(4)5/h18-23,26-27H,12-17H2,1-11H3/t20?,21?,22-,23?,26?,27?/m1/s1. The van der Waals surface area contributed by atoms with E-state index in [4.69, 9.17) is 9.47 Å². The van der Waals surface area contributed by atoms with Crippen LogP contribution in [-0.4, -0.2) is 98.8 Å². The minimum absolute atomic E-state index is 0.0288. The van der Waals surface area contributed by atoms with Gasteiger partial charge in [-0.3, -0.25) is 9.59 Å². The summed E-state index contributed by atoms with van der Waals surface area (Å²) in [6.45, 7) is 13.6. The van der Waals surface area contributed by atoms with E-state index >= 15 is 0 Å². The number of hydrogen-bond acceptors (Lipinski definition) is 5. The summed E-state index contributed by atoms with van der Waals surface area (Å²) >= 11 is 0. The van der Waals surface area contributed by atoms with E-state index in [-0.39, 0.29) is 54.5 Å². The lowest BCUT2D eigenvalue weighted by molar-refractivity contribution is -0.145. The lowest BCUT2D eigenvalue weighted by Crippen LogP contribution is -2.53. The van der Waals surface area contributed by atoms with Crippen LogP contribution in [0.25, 0.3) is 0 Å². The molecule has 34 heavy (non-hydrogen) atoms. The molecule has 0 aromatic heterocycles. The van der Waals surface area contributed by atoms with Crippen LogP contribution in [0.15, 0.2) is 0 Å². The highest BCUT2D eigenvalue weighted by molar-refractivity contribution is 5.79. The largest absolute Gasteiger partial charge is 0.379 e. The van der Waals surface area contributed by atoms with Crippen molar-refractivity contribution in [1.29, 1.82) is 0 Å². The summed E-state index contributed by atoms with van der Waals surface area (Å²) in [5.41, 5.74) is 0. The van der Waals surface area contributed by atoms with Gasteiger partial charge in [-0.1, -0.05) is 48.0 Å². The average molecular weight is 484 g/mol. The number of rotatable bonds is 14. The van der Waals surface area contributed by atoms with Gasteiger partial charge >= 0.3 is 0 Å². The van der Waals surface area contributed by atoms with Crippen molar-refractivity contribution >= 4 is 11.8 Å². The van der Waals surface area contributed by atoms with Crippen molar-refractivity contribution in [3.63, 3.8) is 0 Å². The Bertz CT molecular complexity index is 617. The van der Waals surface area contributed by atoms with E-state index in [2.05, 4.69) is 46.4 Å². The summed E-state index contributed by atoms with van der Waals surface area (Å²) in [5, 5.41) is 0. The van der Waals surface area contributed by atoms with E-state index in [9.17, 15) is 9.59 Å². The number of nitrogens with zero attached hydrogens (tertiary/aromatic N) is 3. The van der Waals surface area contributed by atoms with Gasteiger partial charge in [0.25, 0.3) is 0 Å². The molecule has 0 aromatic carbocycles. The lowest BCUT2D eigenvalue weighted by atomic mass is 9.89. The summed E-state index contributed by atoms with van der Waals surface area (Å²) in [4.78, 5) is 32.9. The maximum absolute atomic E-state index is 13.5. The second-order valence-corrected chi connectivity index (χ2v) is 11.1. The topological polar surface area (TPSA) is 62.3 Å². The van der Waals surface area contributed by atoms with Crippen molar-refractivity contribution in [3.8, 4) is 0 Å². The Labute approximate surface area is 209 Å². The molecule has 0 saturated carbocycles. The summed E-state index contributed by atoms with van der Waals surface area (Å²) in [7, 11) is 9.33. The van der Waals surface area contributed by atoms with Gasteiger partial charge in [0, 0.05) is 40.3 Å². The first kappa shape index (κ1) is 30.9. The van der Waals surface area contributed by atoms with Crippen LogP contribution in [-0.2, 0) is 19.1 Å². The van der Waals surface area contributed by atoms with Gasteiger partial charge in [-0.15, -0.1) is 0 Å². The van der Waals surface area contributed by atoms with Gasteiger partial charge < -0.3 is 24.2 Å². The highest BCUT2D eigenvalue weighted by Crippen LogP contribution is 2.29. The molecule has 0 aliphatic carbocycles. The molecule has 0 N–H and O–H groups in total. The normalized spacial score (nSPS) is 21.1. The molecule has 0 aromatic rings. The average Bonchev–Trinajstić information content (AvgIpc) is 3.25. The minimum Gasteiger partial charge on any atom is -0.379 e. The smallest absolute Gasteiger partial charge is 0.225 e. The molecule has 1 heterocycles. The molecule has 0 radical (unpaired) electrons. The molecule has 7 heteroatoms. The third kappa shape index (κ3) is 7.92. The molecule has 200 valence electrons. The van der Waals surface area contributed by atoms with Crippen LogP contribution < -0.4 is 0 Å². The zero-order chi connectivity index (χ0) is 26.2. The van der Waals surface area contributed by atoms with Gasteiger partial charge in [-0.2, -0.15) is 0 Å². The van der Waals surface area contributed by atoms with Crippen LogP contribution in [0.4, 0.5) is 0 Å². The van der Waals surface area contributed by atoms with Crippen molar-refractivity contribution in [2.75, 3.05) is 41.9 Å². The van der Waals surface area contributed by atoms with E-state index in [0.717, 1.165) is 25.8 Å². The Balaban J connectivity index is 3.07. The first-order valence-electron chi connectivity index (χ1n) is 13.2. The first-order chi connectivity index (χ1) is 15.9. The maximum atomic E-state index is 13.5. The van der Waals surface area contributed by atoms with Crippen LogP contribution in [0.2, 0.25) is 0 Å². The van der Waals surface area contributed by atoms with Crippen LogP contribution in [0.1, 0.15) is 73.6 Å². The van der Waals surface area contributed by atoms with Crippen molar-refractivity contribution in [3.05, 3.63) is 0 Å². The summed E-state index contributed by atoms with van der Waals surface area (Å²) in [6.07, 6.45) is 3.27. The van der Waals surface area contributed by atoms with E-state index in [1.807, 2.05) is 30.9 Å². The van der Waals surface area contributed by atoms with Crippen molar-refractivity contribution < 1.29 is 19.1 Å². The number of likely N-dealkylation sites (tertiary alicyclic amines) is 1. The molecule has 1 fully saturated rings. The fourth-order valence-corrected chi connectivity index (χ4v) is 5.69. The Morgan fingerprint density at radius 1 is 0.971 bits per heavy atom.